The number of ether oxygens (including phenoxy) is 1. The number of nitrogens with one attached hydrogen (secondary N) is 1. The molecule has 1 N–H and O–H groups in total. The van der Waals surface area contributed by atoms with Crippen molar-refractivity contribution in [2.75, 3.05) is 19.8 Å². The van der Waals surface area contributed by atoms with E-state index in [1.54, 1.807) is 0 Å². The van der Waals surface area contributed by atoms with E-state index in [1.807, 2.05) is 0 Å². The van der Waals surface area contributed by atoms with Gasteiger partial charge in [0.1, 0.15) is 0 Å². The summed E-state index contributed by atoms with van der Waals surface area (Å²) in [5.74, 6) is 0.822. The Labute approximate surface area is 61.9 Å². The van der Waals surface area contributed by atoms with Gasteiger partial charge in [0.2, 0.25) is 0 Å². The summed E-state index contributed by atoms with van der Waals surface area (Å²) in [6.07, 6.45) is 3.94. The fourth-order valence-corrected chi connectivity index (χ4v) is 2.00. The Bertz CT molecular complexity index is 89.8. The van der Waals surface area contributed by atoms with Gasteiger partial charge in [-0.25, -0.2) is 0 Å². The Hall–Kier alpha value is -0.0800. The number of fused-ring (bicyclic) bond motifs is 1. The average Bonchev–Trinajstić information content (AvgIpc) is 2.05. The van der Waals surface area contributed by atoms with Crippen molar-refractivity contribution in [1.82, 2.24) is 5.32 Å². The van der Waals surface area contributed by atoms with Crippen LogP contribution in [0, 0.1) is 5.92 Å². The SMILES string of the molecule is C1CN[C@H]2CCOC[C@H]2C1. The van der Waals surface area contributed by atoms with Crippen molar-refractivity contribution in [2.24, 2.45) is 5.92 Å². The quantitative estimate of drug-likeness (QED) is 0.538. The monoisotopic (exact) mass is 141 g/mol. The van der Waals surface area contributed by atoms with Crippen molar-refractivity contribution in [2.45, 2.75) is 25.3 Å². The average molecular weight is 141 g/mol. The molecule has 2 heteroatoms. The van der Waals surface area contributed by atoms with Gasteiger partial charge in [-0.15, -0.1) is 0 Å². The molecule has 0 aliphatic carbocycles. The van der Waals surface area contributed by atoms with E-state index in [9.17, 15) is 0 Å². The lowest BCUT2D eigenvalue weighted by Gasteiger charge is -2.35. The Morgan fingerprint density at radius 1 is 1.30 bits per heavy atom. The molecule has 2 rings (SSSR count). The molecule has 2 heterocycles. The van der Waals surface area contributed by atoms with Gasteiger partial charge in [0, 0.05) is 12.6 Å². The first-order valence-corrected chi connectivity index (χ1v) is 4.28. The molecule has 2 atom stereocenters. The summed E-state index contributed by atoms with van der Waals surface area (Å²) in [6.45, 7) is 3.19. The van der Waals surface area contributed by atoms with Crippen LogP contribution in [0.5, 0.6) is 0 Å². The molecule has 2 aliphatic heterocycles. The molecule has 2 fully saturated rings. The van der Waals surface area contributed by atoms with Crippen LogP contribution in [-0.4, -0.2) is 25.8 Å². The van der Waals surface area contributed by atoms with Crippen molar-refractivity contribution < 1.29 is 4.74 Å². The summed E-state index contributed by atoms with van der Waals surface area (Å²) in [5.41, 5.74) is 0. The van der Waals surface area contributed by atoms with Crippen LogP contribution in [0.4, 0.5) is 0 Å². The lowest BCUT2D eigenvalue weighted by molar-refractivity contribution is 0.0187. The lowest BCUT2D eigenvalue weighted by Crippen LogP contribution is -2.46. The van der Waals surface area contributed by atoms with Gasteiger partial charge < -0.3 is 10.1 Å². The van der Waals surface area contributed by atoms with E-state index in [4.69, 9.17) is 4.74 Å². The smallest absolute Gasteiger partial charge is 0.0509 e. The second-order valence-electron chi connectivity index (χ2n) is 3.33. The maximum atomic E-state index is 5.40. The summed E-state index contributed by atoms with van der Waals surface area (Å²) in [6, 6.07) is 0.780. The van der Waals surface area contributed by atoms with Gasteiger partial charge in [0.15, 0.2) is 0 Å². The third-order valence-electron chi connectivity index (χ3n) is 2.63. The highest BCUT2D eigenvalue weighted by molar-refractivity contribution is 4.83. The highest BCUT2D eigenvalue weighted by Gasteiger charge is 2.27. The predicted octanol–water partition coefficient (Wildman–Crippen LogP) is 0.775. The molecular formula is C8H15NO. The van der Waals surface area contributed by atoms with Crippen molar-refractivity contribution in [3.63, 3.8) is 0 Å². The van der Waals surface area contributed by atoms with Crippen LogP contribution in [-0.2, 0) is 4.74 Å². The Kier molecular flexibility index (Phi) is 1.91. The summed E-state index contributed by atoms with van der Waals surface area (Å²) in [5, 5.41) is 3.54. The molecule has 0 spiro atoms. The van der Waals surface area contributed by atoms with Crippen LogP contribution in [0.3, 0.4) is 0 Å². The largest absolute Gasteiger partial charge is 0.381 e. The molecule has 2 aliphatic rings. The third kappa shape index (κ3) is 1.18. The van der Waals surface area contributed by atoms with Crippen LogP contribution < -0.4 is 5.32 Å². The molecule has 0 aromatic rings. The molecule has 0 unspecified atom stereocenters. The molecular weight excluding hydrogens is 126 g/mol. The zero-order chi connectivity index (χ0) is 6.81. The second-order valence-corrected chi connectivity index (χ2v) is 3.33. The molecule has 10 heavy (non-hydrogen) atoms. The maximum absolute atomic E-state index is 5.40. The molecule has 0 saturated carbocycles. The third-order valence-corrected chi connectivity index (χ3v) is 2.63. The van der Waals surface area contributed by atoms with Gasteiger partial charge >= 0.3 is 0 Å². The zero-order valence-corrected chi connectivity index (χ0v) is 6.31. The van der Waals surface area contributed by atoms with E-state index in [0.717, 1.165) is 25.2 Å². The van der Waals surface area contributed by atoms with Crippen LogP contribution in [0.15, 0.2) is 0 Å². The molecule has 0 bridgehead atoms. The number of hydrogen-bond acceptors (Lipinski definition) is 2. The van der Waals surface area contributed by atoms with Crippen LogP contribution in [0.2, 0.25) is 0 Å². The molecule has 0 radical (unpaired) electrons. The van der Waals surface area contributed by atoms with Gasteiger partial charge in [-0.3, -0.25) is 0 Å². The fourth-order valence-electron chi connectivity index (χ4n) is 2.00. The first-order valence-electron chi connectivity index (χ1n) is 4.28. The fraction of sp³-hybridized carbons (Fsp3) is 1.00. The van der Waals surface area contributed by atoms with E-state index in [0.29, 0.717) is 0 Å². The van der Waals surface area contributed by atoms with Crippen molar-refractivity contribution in [1.29, 1.82) is 0 Å². The minimum atomic E-state index is 0.780. The Balaban J connectivity index is 1.93. The van der Waals surface area contributed by atoms with Crippen molar-refractivity contribution in [3.8, 4) is 0 Å². The van der Waals surface area contributed by atoms with E-state index in [1.165, 1.54) is 25.8 Å². The van der Waals surface area contributed by atoms with Crippen LogP contribution in [0.25, 0.3) is 0 Å². The topological polar surface area (TPSA) is 21.3 Å². The molecule has 2 saturated heterocycles. The van der Waals surface area contributed by atoms with Gasteiger partial charge in [0.05, 0.1) is 6.61 Å². The Morgan fingerprint density at radius 3 is 3.20 bits per heavy atom. The summed E-state index contributed by atoms with van der Waals surface area (Å²) in [7, 11) is 0. The lowest BCUT2D eigenvalue weighted by atomic mass is 9.88. The number of rotatable bonds is 0. The van der Waals surface area contributed by atoms with Crippen LogP contribution in [0.1, 0.15) is 19.3 Å². The van der Waals surface area contributed by atoms with Crippen molar-refractivity contribution >= 4 is 0 Å². The van der Waals surface area contributed by atoms with Gasteiger partial charge in [-0.05, 0) is 31.7 Å². The van der Waals surface area contributed by atoms with Gasteiger partial charge in [-0.2, -0.15) is 0 Å². The predicted molar refractivity (Wildman–Crippen MR) is 40.0 cm³/mol. The summed E-state index contributed by atoms with van der Waals surface area (Å²) < 4.78 is 5.40. The zero-order valence-electron chi connectivity index (χ0n) is 6.31. The summed E-state index contributed by atoms with van der Waals surface area (Å²) >= 11 is 0. The van der Waals surface area contributed by atoms with Crippen molar-refractivity contribution in [3.05, 3.63) is 0 Å². The van der Waals surface area contributed by atoms with Gasteiger partial charge in [-0.1, -0.05) is 0 Å². The Morgan fingerprint density at radius 2 is 2.30 bits per heavy atom. The van der Waals surface area contributed by atoms with E-state index in [-0.39, 0.29) is 0 Å². The van der Waals surface area contributed by atoms with E-state index >= 15 is 0 Å². The minimum absolute atomic E-state index is 0.780. The molecule has 0 amide bonds. The normalized spacial score (nSPS) is 40.8. The van der Waals surface area contributed by atoms with Gasteiger partial charge in [0.25, 0.3) is 0 Å². The second kappa shape index (κ2) is 2.89. The molecule has 58 valence electrons. The van der Waals surface area contributed by atoms with Crippen LogP contribution >= 0.6 is 0 Å². The number of piperidine rings is 1. The molecule has 0 aromatic heterocycles. The number of hydrogen-bond donors (Lipinski definition) is 1. The first kappa shape index (κ1) is 6.62. The minimum Gasteiger partial charge on any atom is -0.381 e. The first-order chi connectivity index (χ1) is 4.97. The highest BCUT2D eigenvalue weighted by Crippen LogP contribution is 2.22. The van der Waals surface area contributed by atoms with E-state index < -0.39 is 0 Å². The molecule has 2 nitrogen and oxygen atoms in total. The maximum Gasteiger partial charge on any atom is 0.0509 e. The van der Waals surface area contributed by atoms with E-state index in [2.05, 4.69) is 5.32 Å². The standard InChI is InChI=1S/C8H15NO/c1-2-7-6-10-5-3-8(7)9-4-1/h7-9H,1-6H2/t7-,8+/m1/s1. The summed E-state index contributed by atoms with van der Waals surface area (Å²) in [4.78, 5) is 0. The molecule has 0 aromatic carbocycles. The highest BCUT2D eigenvalue weighted by atomic mass is 16.5.